The summed E-state index contributed by atoms with van der Waals surface area (Å²) in [5.74, 6) is -0.0550. The molecule has 0 radical (unpaired) electrons. The van der Waals surface area contributed by atoms with Crippen LogP contribution in [0.1, 0.15) is 41.6 Å². The number of carbonyl (C=O) groups excluding carboxylic acids is 1. The van der Waals surface area contributed by atoms with E-state index < -0.39 is 0 Å². The summed E-state index contributed by atoms with van der Waals surface area (Å²) in [6, 6.07) is 7.99. The van der Waals surface area contributed by atoms with E-state index in [-0.39, 0.29) is 17.9 Å². The molecule has 0 bridgehead atoms. The minimum atomic E-state index is -0.0557. The Hall–Kier alpha value is -2.89. The van der Waals surface area contributed by atoms with E-state index in [1.165, 1.54) is 0 Å². The fourth-order valence-corrected chi connectivity index (χ4v) is 3.74. The molecule has 0 aliphatic heterocycles. The van der Waals surface area contributed by atoms with Crippen LogP contribution in [0.4, 0.5) is 0 Å². The lowest BCUT2D eigenvalue weighted by molar-refractivity contribution is -0.121. The summed E-state index contributed by atoms with van der Waals surface area (Å²) in [6.07, 6.45) is 7.91. The monoisotopic (exact) mass is 364 g/mol. The SMILES string of the molecule is Cc1ccccc1CNC(=O)CCn1ccn2nc3c(c2c1=O)CCCC3. The van der Waals surface area contributed by atoms with Crippen molar-refractivity contribution in [2.45, 2.75) is 52.1 Å². The fraction of sp³-hybridized carbons (Fsp3) is 0.381. The molecule has 0 fully saturated rings. The van der Waals surface area contributed by atoms with Crippen LogP contribution in [0.25, 0.3) is 5.52 Å². The molecule has 0 spiro atoms. The third-order valence-corrected chi connectivity index (χ3v) is 5.35. The average Bonchev–Trinajstić information content (AvgIpc) is 3.06. The maximum Gasteiger partial charge on any atom is 0.276 e. The number of aromatic nitrogens is 3. The summed E-state index contributed by atoms with van der Waals surface area (Å²) in [5, 5.41) is 7.49. The first-order valence-corrected chi connectivity index (χ1v) is 9.54. The lowest BCUT2D eigenvalue weighted by Crippen LogP contribution is -2.28. The molecular weight excluding hydrogens is 340 g/mol. The van der Waals surface area contributed by atoms with Gasteiger partial charge in [0.1, 0.15) is 5.52 Å². The summed E-state index contributed by atoms with van der Waals surface area (Å²) < 4.78 is 3.33. The number of amides is 1. The number of hydrogen-bond donors (Lipinski definition) is 1. The molecule has 2 heterocycles. The molecule has 0 saturated heterocycles. The number of hydrogen-bond acceptors (Lipinski definition) is 3. The molecule has 0 atom stereocenters. The van der Waals surface area contributed by atoms with E-state index in [0.717, 1.165) is 48.1 Å². The maximum absolute atomic E-state index is 12.9. The topological polar surface area (TPSA) is 68.4 Å². The minimum Gasteiger partial charge on any atom is -0.352 e. The van der Waals surface area contributed by atoms with Gasteiger partial charge in [0.25, 0.3) is 5.56 Å². The second kappa shape index (κ2) is 7.39. The molecule has 3 aromatic rings. The van der Waals surface area contributed by atoms with Crippen LogP contribution in [0.5, 0.6) is 0 Å². The number of nitrogens with zero attached hydrogens (tertiary/aromatic N) is 3. The zero-order valence-electron chi connectivity index (χ0n) is 15.6. The number of benzene rings is 1. The Balaban J connectivity index is 1.44. The van der Waals surface area contributed by atoms with Crippen molar-refractivity contribution >= 4 is 11.4 Å². The Morgan fingerprint density at radius 3 is 2.85 bits per heavy atom. The number of nitrogens with one attached hydrogen (secondary N) is 1. The van der Waals surface area contributed by atoms with Gasteiger partial charge in [-0.05, 0) is 43.7 Å². The van der Waals surface area contributed by atoms with Crippen molar-refractivity contribution < 1.29 is 4.79 Å². The van der Waals surface area contributed by atoms with Crippen LogP contribution < -0.4 is 10.9 Å². The minimum absolute atomic E-state index is 0.0550. The summed E-state index contributed by atoms with van der Waals surface area (Å²) in [5.41, 5.74) is 5.02. The molecule has 140 valence electrons. The highest BCUT2D eigenvalue weighted by Crippen LogP contribution is 2.22. The summed E-state index contributed by atoms with van der Waals surface area (Å²) in [7, 11) is 0. The molecule has 2 aromatic heterocycles. The van der Waals surface area contributed by atoms with Crippen LogP contribution in [-0.2, 0) is 30.7 Å². The fourth-order valence-electron chi connectivity index (χ4n) is 3.74. The Kier molecular flexibility index (Phi) is 4.79. The van der Waals surface area contributed by atoms with Crippen LogP contribution in [0.3, 0.4) is 0 Å². The maximum atomic E-state index is 12.9. The van der Waals surface area contributed by atoms with Gasteiger partial charge in [-0.2, -0.15) is 5.10 Å². The van der Waals surface area contributed by atoms with Crippen LogP contribution in [0, 0.1) is 6.92 Å². The molecule has 6 heteroatoms. The lowest BCUT2D eigenvalue weighted by atomic mass is 9.97. The quantitative estimate of drug-likeness (QED) is 0.756. The Morgan fingerprint density at radius 2 is 2.00 bits per heavy atom. The van der Waals surface area contributed by atoms with Gasteiger partial charge >= 0.3 is 0 Å². The van der Waals surface area contributed by atoms with Crippen molar-refractivity contribution in [2.75, 3.05) is 0 Å². The molecule has 0 unspecified atom stereocenters. The van der Waals surface area contributed by atoms with E-state index in [2.05, 4.69) is 10.4 Å². The second-order valence-corrected chi connectivity index (χ2v) is 7.18. The van der Waals surface area contributed by atoms with Gasteiger partial charge in [0.15, 0.2) is 0 Å². The summed E-state index contributed by atoms with van der Waals surface area (Å²) in [6.45, 7) is 2.91. The highest BCUT2D eigenvalue weighted by Gasteiger charge is 2.19. The third-order valence-electron chi connectivity index (χ3n) is 5.35. The molecule has 1 aromatic carbocycles. The van der Waals surface area contributed by atoms with E-state index in [1.807, 2.05) is 37.4 Å². The molecular formula is C21H24N4O2. The van der Waals surface area contributed by atoms with Crippen LogP contribution in [0.2, 0.25) is 0 Å². The smallest absolute Gasteiger partial charge is 0.276 e. The predicted octanol–water partition coefficient (Wildman–Crippen LogP) is 2.39. The van der Waals surface area contributed by atoms with Crippen molar-refractivity contribution in [3.63, 3.8) is 0 Å². The molecule has 6 nitrogen and oxygen atoms in total. The first-order chi connectivity index (χ1) is 13.1. The van der Waals surface area contributed by atoms with E-state index in [9.17, 15) is 9.59 Å². The first-order valence-electron chi connectivity index (χ1n) is 9.54. The van der Waals surface area contributed by atoms with E-state index in [1.54, 1.807) is 15.3 Å². The van der Waals surface area contributed by atoms with Crippen LogP contribution >= 0.6 is 0 Å². The second-order valence-electron chi connectivity index (χ2n) is 7.18. The van der Waals surface area contributed by atoms with Crippen molar-refractivity contribution in [3.05, 3.63) is 69.4 Å². The van der Waals surface area contributed by atoms with Gasteiger partial charge in [-0.1, -0.05) is 24.3 Å². The largest absolute Gasteiger partial charge is 0.352 e. The van der Waals surface area contributed by atoms with E-state index in [4.69, 9.17) is 0 Å². The van der Waals surface area contributed by atoms with Crippen molar-refractivity contribution in [3.8, 4) is 0 Å². The van der Waals surface area contributed by atoms with Gasteiger partial charge in [0, 0.05) is 37.5 Å². The van der Waals surface area contributed by atoms with Crippen molar-refractivity contribution in [2.24, 2.45) is 0 Å². The number of carbonyl (C=O) groups is 1. The number of aryl methyl sites for hydroxylation is 4. The van der Waals surface area contributed by atoms with Gasteiger partial charge in [-0.15, -0.1) is 0 Å². The number of rotatable bonds is 5. The number of fused-ring (bicyclic) bond motifs is 3. The Morgan fingerprint density at radius 1 is 1.19 bits per heavy atom. The summed E-state index contributed by atoms with van der Waals surface area (Å²) >= 11 is 0. The zero-order chi connectivity index (χ0) is 18.8. The first kappa shape index (κ1) is 17.5. The van der Waals surface area contributed by atoms with Crippen molar-refractivity contribution in [1.82, 2.24) is 19.5 Å². The standard InChI is InChI=1S/C21H24N4O2/c1-15-6-2-3-7-16(15)14-22-19(26)10-11-24-12-13-25-20(21(24)27)17-8-4-5-9-18(17)23-25/h2-3,6-7,12-13H,4-5,8-11,14H2,1H3,(H,22,26). The van der Waals surface area contributed by atoms with Crippen LogP contribution in [-0.4, -0.2) is 20.1 Å². The molecule has 27 heavy (non-hydrogen) atoms. The van der Waals surface area contributed by atoms with Crippen molar-refractivity contribution in [1.29, 1.82) is 0 Å². The zero-order valence-corrected chi connectivity index (χ0v) is 15.6. The highest BCUT2D eigenvalue weighted by molar-refractivity contribution is 5.75. The lowest BCUT2D eigenvalue weighted by Gasteiger charge is -2.10. The van der Waals surface area contributed by atoms with E-state index in [0.29, 0.717) is 18.6 Å². The predicted molar refractivity (Wildman–Crippen MR) is 104 cm³/mol. The molecule has 4 rings (SSSR count). The van der Waals surface area contributed by atoms with Gasteiger partial charge in [-0.3, -0.25) is 9.59 Å². The van der Waals surface area contributed by atoms with E-state index >= 15 is 0 Å². The highest BCUT2D eigenvalue weighted by atomic mass is 16.2. The van der Waals surface area contributed by atoms with Gasteiger partial charge in [0.05, 0.1) is 5.69 Å². The van der Waals surface area contributed by atoms with Gasteiger partial charge < -0.3 is 9.88 Å². The third kappa shape index (κ3) is 3.52. The Labute approximate surface area is 157 Å². The molecule has 1 amide bonds. The van der Waals surface area contributed by atoms with Crippen LogP contribution in [0.15, 0.2) is 41.5 Å². The van der Waals surface area contributed by atoms with Gasteiger partial charge in [-0.25, -0.2) is 4.52 Å². The van der Waals surface area contributed by atoms with Gasteiger partial charge in [0.2, 0.25) is 5.91 Å². The molecule has 1 N–H and O–H groups in total. The summed E-state index contributed by atoms with van der Waals surface area (Å²) in [4.78, 5) is 25.1. The molecule has 1 aliphatic rings. The molecule has 1 aliphatic carbocycles. The normalized spacial score (nSPS) is 13.5. The average molecular weight is 364 g/mol. The Bertz CT molecular complexity index is 1050. The molecule has 0 saturated carbocycles.